The van der Waals surface area contributed by atoms with E-state index in [0.717, 1.165) is 18.9 Å². The molecule has 23 heavy (non-hydrogen) atoms. The highest BCUT2D eigenvalue weighted by Crippen LogP contribution is 2.36. The van der Waals surface area contributed by atoms with Crippen LogP contribution in [0, 0.1) is 15.9 Å². The molecule has 0 atom stereocenters. The lowest BCUT2D eigenvalue weighted by Crippen LogP contribution is -2.48. The number of amides is 1. The van der Waals surface area contributed by atoms with Gasteiger partial charge >= 0.3 is 0 Å². The fourth-order valence-corrected chi connectivity index (χ4v) is 2.77. The molecule has 0 bridgehead atoms. The van der Waals surface area contributed by atoms with Crippen LogP contribution < -0.4 is 10.2 Å². The van der Waals surface area contributed by atoms with Crippen LogP contribution in [0.1, 0.15) is 19.8 Å². The van der Waals surface area contributed by atoms with Gasteiger partial charge in [-0.05, 0) is 18.9 Å². The maximum Gasteiger partial charge on any atom is 0.295 e. The predicted octanol–water partition coefficient (Wildman–Crippen LogP) is 1.98. The summed E-state index contributed by atoms with van der Waals surface area (Å²) in [5, 5.41) is 14.2. The van der Waals surface area contributed by atoms with Gasteiger partial charge in [-0.25, -0.2) is 4.39 Å². The molecule has 8 heteroatoms. The summed E-state index contributed by atoms with van der Waals surface area (Å²) in [6, 6.07) is 2.74. The minimum atomic E-state index is -0.602. The number of hydrogen-bond donors (Lipinski definition) is 1. The zero-order valence-electron chi connectivity index (χ0n) is 12.9. The Bertz CT molecular complexity index is 640. The van der Waals surface area contributed by atoms with Crippen LogP contribution in [-0.4, -0.2) is 48.0 Å². The quantitative estimate of drug-likeness (QED) is 0.677. The number of hydrogen-bond acceptors (Lipinski definition) is 5. The van der Waals surface area contributed by atoms with Crippen LogP contribution >= 0.6 is 0 Å². The van der Waals surface area contributed by atoms with E-state index in [1.54, 1.807) is 4.90 Å². The molecule has 0 aromatic heterocycles. The Morgan fingerprint density at radius 2 is 1.96 bits per heavy atom. The largest absolute Gasteiger partial charge is 0.377 e. The smallest absolute Gasteiger partial charge is 0.295 e. The molecule has 1 aromatic rings. The highest BCUT2D eigenvalue weighted by Gasteiger charge is 2.28. The second-order valence-corrected chi connectivity index (χ2v) is 5.99. The van der Waals surface area contributed by atoms with Crippen molar-refractivity contribution in [1.29, 1.82) is 0 Å². The summed E-state index contributed by atoms with van der Waals surface area (Å²) >= 11 is 0. The fourth-order valence-electron chi connectivity index (χ4n) is 2.77. The van der Waals surface area contributed by atoms with E-state index in [-0.39, 0.29) is 17.6 Å². The van der Waals surface area contributed by atoms with Crippen LogP contribution in [0.2, 0.25) is 0 Å². The van der Waals surface area contributed by atoms with Crippen molar-refractivity contribution in [2.45, 2.75) is 25.8 Å². The third-order valence-electron chi connectivity index (χ3n) is 4.26. The Morgan fingerprint density at radius 3 is 2.48 bits per heavy atom. The van der Waals surface area contributed by atoms with Gasteiger partial charge in [-0.3, -0.25) is 14.9 Å². The Kier molecular flexibility index (Phi) is 4.06. The van der Waals surface area contributed by atoms with E-state index < -0.39 is 10.7 Å². The molecule has 1 aromatic carbocycles. The number of rotatable bonds is 4. The summed E-state index contributed by atoms with van der Waals surface area (Å²) in [6.45, 7) is 3.59. The molecule has 2 aliphatic rings. The number of nitrogens with zero attached hydrogens (tertiary/aromatic N) is 3. The van der Waals surface area contributed by atoms with E-state index in [9.17, 15) is 19.3 Å². The number of nitro groups is 1. The topological polar surface area (TPSA) is 78.7 Å². The Hall–Kier alpha value is -2.38. The van der Waals surface area contributed by atoms with Crippen molar-refractivity contribution >= 4 is 23.0 Å². The number of carbonyl (C=O) groups is 1. The molecule has 124 valence electrons. The first-order chi connectivity index (χ1) is 11.0. The third kappa shape index (κ3) is 3.35. The Balaban J connectivity index is 1.84. The Labute approximate surface area is 133 Å². The first-order valence-corrected chi connectivity index (χ1v) is 7.70. The van der Waals surface area contributed by atoms with Crippen LogP contribution in [-0.2, 0) is 4.79 Å². The van der Waals surface area contributed by atoms with Crippen LogP contribution in [0.5, 0.6) is 0 Å². The molecule has 0 unspecified atom stereocenters. The lowest BCUT2D eigenvalue weighted by molar-refractivity contribution is -0.384. The molecular weight excluding hydrogens is 303 g/mol. The molecule has 1 heterocycles. The molecule has 1 saturated heterocycles. The zero-order valence-corrected chi connectivity index (χ0v) is 12.9. The van der Waals surface area contributed by atoms with Crippen molar-refractivity contribution in [2.75, 3.05) is 36.4 Å². The normalized spacial score (nSPS) is 18.0. The lowest BCUT2D eigenvalue weighted by Gasteiger charge is -2.35. The second kappa shape index (κ2) is 6.02. The summed E-state index contributed by atoms with van der Waals surface area (Å²) in [5.41, 5.74) is 0.477. The molecule has 1 aliphatic carbocycles. The maximum atomic E-state index is 14.3. The van der Waals surface area contributed by atoms with E-state index in [1.807, 2.05) is 4.90 Å². The van der Waals surface area contributed by atoms with Gasteiger partial charge in [0.25, 0.3) is 5.69 Å². The van der Waals surface area contributed by atoms with Crippen molar-refractivity contribution < 1.29 is 14.1 Å². The van der Waals surface area contributed by atoms with E-state index in [0.29, 0.717) is 37.6 Å². The number of piperazine rings is 1. The summed E-state index contributed by atoms with van der Waals surface area (Å²) in [7, 11) is 0. The summed E-state index contributed by atoms with van der Waals surface area (Å²) in [6.07, 6.45) is 1.95. The predicted molar refractivity (Wildman–Crippen MR) is 84.2 cm³/mol. The number of benzene rings is 1. The summed E-state index contributed by atoms with van der Waals surface area (Å²) < 4.78 is 14.3. The molecule has 2 fully saturated rings. The number of nitro benzene ring substituents is 1. The van der Waals surface area contributed by atoms with Gasteiger partial charge in [0.15, 0.2) is 5.82 Å². The number of halogens is 1. The average Bonchev–Trinajstić information content (AvgIpc) is 3.32. The molecule has 0 spiro atoms. The average molecular weight is 322 g/mol. The minimum absolute atomic E-state index is 0.00455. The molecule has 1 N–H and O–H groups in total. The minimum Gasteiger partial charge on any atom is -0.377 e. The van der Waals surface area contributed by atoms with Gasteiger partial charge in [0, 0.05) is 39.1 Å². The van der Waals surface area contributed by atoms with E-state index in [2.05, 4.69) is 5.32 Å². The summed E-state index contributed by atoms with van der Waals surface area (Å²) in [5.74, 6) is -0.598. The Morgan fingerprint density at radius 1 is 1.30 bits per heavy atom. The molecular formula is C15H19FN4O3. The molecule has 7 nitrogen and oxygen atoms in total. The van der Waals surface area contributed by atoms with E-state index in [1.165, 1.54) is 13.0 Å². The molecule has 1 saturated carbocycles. The second-order valence-electron chi connectivity index (χ2n) is 5.99. The maximum absolute atomic E-state index is 14.3. The number of nitrogens with one attached hydrogen (secondary N) is 1. The highest BCUT2D eigenvalue weighted by atomic mass is 19.1. The van der Waals surface area contributed by atoms with Gasteiger partial charge in [-0.15, -0.1) is 0 Å². The van der Waals surface area contributed by atoms with Crippen LogP contribution in [0.3, 0.4) is 0 Å². The van der Waals surface area contributed by atoms with Gasteiger partial charge in [0.05, 0.1) is 16.7 Å². The van der Waals surface area contributed by atoms with Crippen molar-refractivity contribution in [3.8, 4) is 0 Å². The summed E-state index contributed by atoms with van der Waals surface area (Å²) in [4.78, 5) is 25.5. The molecule has 1 aliphatic heterocycles. The van der Waals surface area contributed by atoms with Gasteiger partial charge < -0.3 is 15.1 Å². The first kappa shape index (κ1) is 15.5. The number of anilines is 2. The fraction of sp³-hybridized carbons (Fsp3) is 0.533. The van der Waals surface area contributed by atoms with Crippen LogP contribution in [0.25, 0.3) is 0 Å². The van der Waals surface area contributed by atoms with Crippen LogP contribution in [0.15, 0.2) is 12.1 Å². The molecule has 0 radical (unpaired) electrons. The van der Waals surface area contributed by atoms with Crippen molar-refractivity contribution in [2.24, 2.45) is 0 Å². The van der Waals surface area contributed by atoms with E-state index >= 15 is 0 Å². The lowest BCUT2D eigenvalue weighted by atomic mass is 10.2. The van der Waals surface area contributed by atoms with Crippen LogP contribution in [0.4, 0.5) is 21.5 Å². The van der Waals surface area contributed by atoms with Gasteiger partial charge in [0.1, 0.15) is 5.69 Å². The van der Waals surface area contributed by atoms with Crippen molar-refractivity contribution in [3.05, 3.63) is 28.1 Å². The van der Waals surface area contributed by atoms with Gasteiger partial charge in [0.2, 0.25) is 5.91 Å². The van der Waals surface area contributed by atoms with Crippen molar-refractivity contribution in [3.63, 3.8) is 0 Å². The molecule has 1 amide bonds. The zero-order chi connectivity index (χ0) is 16.6. The standard InChI is InChI=1S/C15H19FN4O3/c1-10(21)18-4-6-19(7-5-18)14-9-13(17-11-2-3-11)15(20(22)23)8-12(14)16/h8-9,11,17H,2-7H2,1H3. The van der Waals surface area contributed by atoms with Gasteiger partial charge in [-0.1, -0.05) is 0 Å². The van der Waals surface area contributed by atoms with Gasteiger partial charge in [-0.2, -0.15) is 0 Å². The van der Waals surface area contributed by atoms with Crippen molar-refractivity contribution in [1.82, 2.24) is 4.90 Å². The molecule has 3 rings (SSSR count). The first-order valence-electron chi connectivity index (χ1n) is 7.70. The van der Waals surface area contributed by atoms with E-state index in [4.69, 9.17) is 0 Å². The highest BCUT2D eigenvalue weighted by molar-refractivity contribution is 5.74. The number of carbonyl (C=O) groups excluding carboxylic acids is 1. The SMILES string of the molecule is CC(=O)N1CCN(c2cc(NC3CC3)c([N+](=O)[O-])cc2F)CC1. The third-order valence-corrected chi connectivity index (χ3v) is 4.26. The monoisotopic (exact) mass is 322 g/mol.